The molecule has 3 amide bonds. The van der Waals surface area contributed by atoms with Gasteiger partial charge in [0.1, 0.15) is 0 Å². The molecule has 1 aliphatic rings. The number of carboxylic acids is 1. The number of halogens is 1. The second kappa shape index (κ2) is 8.68. The standard InChI is InChI=1S/C16H20BrN3O4/c17-12-3-5-13(6-4-12)19-16(24)18-8-7-14(21)20-9-1-2-11(10-20)15(22)23/h3-6,11H,1-2,7-10H2,(H,22,23)(H2,18,19,24). The molecule has 1 saturated heterocycles. The maximum atomic E-state index is 12.1. The fraction of sp³-hybridized carbons (Fsp3) is 0.438. The molecule has 0 spiro atoms. The summed E-state index contributed by atoms with van der Waals surface area (Å²) in [6.45, 7) is 1.03. The highest BCUT2D eigenvalue weighted by Gasteiger charge is 2.27. The van der Waals surface area contributed by atoms with Crippen molar-refractivity contribution in [3.8, 4) is 0 Å². The average Bonchev–Trinajstić information content (AvgIpc) is 2.57. The lowest BCUT2D eigenvalue weighted by molar-refractivity contribution is -0.145. The molecule has 1 aliphatic heterocycles. The number of piperidine rings is 1. The summed E-state index contributed by atoms with van der Waals surface area (Å²) in [5.41, 5.74) is 0.655. The van der Waals surface area contributed by atoms with Crippen LogP contribution in [-0.2, 0) is 9.59 Å². The fourth-order valence-electron chi connectivity index (χ4n) is 2.55. The third-order valence-electron chi connectivity index (χ3n) is 3.85. The maximum Gasteiger partial charge on any atom is 0.319 e. The van der Waals surface area contributed by atoms with E-state index in [1.807, 2.05) is 12.1 Å². The molecule has 0 radical (unpaired) electrons. The summed E-state index contributed by atoms with van der Waals surface area (Å²) < 4.78 is 0.917. The molecular formula is C16H20BrN3O4. The van der Waals surface area contributed by atoms with Crippen molar-refractivity contribution in [3.63, 3.8) is 0 Å². The molecule has 130 valence electrons. The molecule has 7 nitrogen and oxygen atoms in total. The van der Waals surface area contributed by atoms with E-state index in [2.05, 4.69) is 26.6 Å². The molecule has 1 atom stereocenters. The predicted molar refractivity (Wildman–Crippen MR) is 92.7 cm³/mol. The fourth-order valence-corrected chi connectivity index (χ4v) is 2.82. The number of rotatable bonds is 5. The van der Waals surface area contributed by atoms with E-state index >= 15 is 0 Å². The number of hydrogen-bond donors (Lipinski definition) is 3. The molecule has 24 heavy (non-hydrogen) atoms. The molecule has 0 aromatic heterocycles. The Morgan fingerprint density at radius 3 is 2.62 bits per heavy atom. The Kier molecular flexibility index (Phi) is 6.60. The third kappa shape index (κ3) is 5.52. The summed E-state index contributed by atoms with van der Waals surface area (Å²) in [4.78, 5) is 36.4. The number of hydrogen-bond acceptors (Lipinski definition) is 3. The van der Waals surface area contributed by atoms with Gasteiger partial charge in [0.05, 0.1) is 5.92 Å². The van der Waals surface area contributed by atoms with Crippen LogP contribution in [0.15, 0.2) is 28.7 Å². The van der Waals surface area contributed by atoms with Crippen LogP contribution in [-0.4, -0.2) is 47.5 Å². The van der Waals surface area contributed by atoms with Gasteiger partial charge in [0, 0.05) is 36.2 Å². The van der Waals surface area contributed by atoms with Crippen LogP contribution in [0.5, 0.6) is 0 Å². The monoisotopic (exact) mass is 397 g/mol. The second-order valence-electron chi connectivity index (χ2n) is 5.65. The first-order valence-electron chi connectivity index (χ1n) is 7.76. The van der Waals surface area contributed by atoms with Crippen LogP contribution in [0.4, 0.5) is 10.5 Å². The topological polar surface area (TPSA) is 98.7 Å². The van der Waals surface area contributed by atoms with Crippen molar-refractivity contribution in [1.82, 2.24) is 10.2 Å². The Balaban J connectivity index is 1.71. The number of urea groups is 1. The third-order valence-corrected chi connectivity index (χ3v) is 4.38. The van der Waals surface area contributed by atoms with Crippen molar-refractivity contribution >= 4 is 39.5 Å². The van der Waals surface area contributed by atoms with E-state index < -0.39 is 11.9 Å². The molecule has 1 aromatic carbocycles. The van der Waals surface area contributed by atoms with Gasteiger partial charge in [-0.05, 0) is 37.1 Å². The van der Waals surface area contributed by atoms with E-state index in [1.165, 1.54) is 0 Å². The number of aliphatic carboxylic acids is 1. The Morgan fingerprint density at radius 2 is 1.96 bits per heavy atom. The molecular weight excluding hydrogens is 378 g/mol. The van der Waals surface area contributed by atoms with Gasteiger partial charge < -0.3 is 20.6 Å². The zero-order chi connectivity index (χ0) is 17.5. The SMILES string of the molecule is O=C(NCCC(=O)N1CCCC(C(=O)O)C1)Nc1ccc(Br)cc1. The van der Waals surface area contributed by atoms with Crippen molar-refractivity contribution in [1.29, 1.82) is 0 Å². The number of benzene rings is 1. The lowest BCUT2D eigenvalue weighted by Gasteiger charge is -2.30. The van der Waals surface area contributed by atoms with Crippen molar-refractivity contribution < 1.29 is 19.5 Å². The first-order chi connectivity index (χ1) is 11.5. The lowest BCUT2D eigenvalue weighted by atomic mass is 9.98. The van der Waals surface area contributed by atoms with Gasteiger partial charge >= 0.3 is 12.0 Å². The molecule has 0 bridgehead atoms. The molecule has 0 saturated carbocycles. The number of amides is 3. The Hall–Kier alpha value is -2.09. The molecule has 8 heteroatoms. The van der Waals surface area contributed by atoms with Crippen LogP contribution in [0.2, 0.25) is 0 Å². The number of anilines is 1. The highest BCUT2D eigenvalue weighted by atomic mass is 79.9. The number of likely N-dealkylation sites (tertiary alicyclic amines) is 1. The van der Waals surface area contributed by atoms with E-state index in [0.717, 1.165) is 4.47 Å². The highest BCUT2D eigenvalue weighted by Crippen LogP contribution is 2.17. The van der Waals surface area contributed by atoms with Crippen LogP contribution < -0.4 is 10.6 Å². The van der Waals surface area contributed by atoms with E-state index in [1.54, 1.807) is 17.0 Å². The molecule has 2 rings (SSSR count). The van der Waals surface area contributed by atoms with Crippen LogP contribution in [0.3, 0.4) is 0 Å². The van der Waals surface area contributed by atoms with E-state index in [4.69, 9.17) is 5.11 Å². The minimum absolute atomic E-state index is 0.134. The largest absolute Gasteiger partial charge is 0.481 e. The Morgan fingerprint density at radius 1 is 1.25 bits per heavy atom. The van der Waals surface area contributed by atoms with Crippen LogP contribution >= 0.6 is 15.9 Å². The first kappa shape index (κ1) is 18.3. The zero-order valence-electron chi connectivity index (χ0n) is 13.1. The average molecular weight is 398 g/mol. The molecule has 3 N–H and O–H groups in total. The summed E-state index contributed by atoms with van der Waals surface area (Å²) in [5, 5.41) is 14.3. The molecule has 1 unspecified atom stereocenters. The summed E-state index contributed by atoms with van der Waals surface area (Å²) >= 11 is 3.31. The summed E-state index contributed by atoms with van der Waals surface area (Å²) in [5.74, 6) is -1.49. The molecule has 0 aliphatic carbocycles. The Bertz CT molecular complexity index is 606. The minimum atomic E-state index is -0.862. The van der Waals surface area contributed by atoms with Gasteiger partial charge in [-0.25, -0.2) is 4.79 Å². The molecule has 1 fully saturated rings. The highest BCUT2D eigenvalue weighted by molar-refractivity contribution is 9.10. The minimum Gasteiger partial charge on any atom is -0.481 e. The first-order valence-corrected chi connectivity index (χ1v) is 8.56. The van der Waals surface area contributed by atoms with Gasteiger partial charge in [0.2, 0.25) is 5.91 Å². The van der Waals surface area contributed by atoms with E-state index in [0.29, 0.717) is 25.1 Å². The van der Waals surface area contributed by atoms with Crippen LogP contribution in [0.1, 0.15) is 19.3 Å². The lowest BCUT2D eigenvalue weighted by Crippen LogP contribution is -2.43. The van der Waals surface area contributed by atoms with Crippen molar-refractivity contribution in [2.45, 2.75) is 19.3 Å². The smallest absolute Gasteiger partial charge is 0.319 e. The van der Waals surface area contributed by atoms with Crippen molar-refractivity contribution in [2.24, 2.45) is 5.92 Å². The van der Waals surface area contributed by atoms with Gasteiger partial charge in [-0.3, -0.25) is 9.59 Å². The van der Waals surface area contributed by atoms with Gasteiger partial charge in [0.15, 0.2) is 0 Å². The van der Waals surface area contributed by atoms with E-state index in [-0.39, 0.29) is 31.4 Å². The van der Waals surface area contributed by atoms with Crippen LogP contribution in [0, 0.1) is 5.92 Å². The number of carboxylic acid groups (broad SMARTS) is 1. The van der Waals surface area contributed by atoms with E-state index in [9.17, 15) is 14.4 Å². The van der Waals surface area contributed by atoms with Crippen molar-refractivity contribution in [3.05, 3.63) is 28.7 Å². The number of carbonyl (C=O) groups is 3. The van der Waals surface area contributed by atoms with Crippen LogP contribution in [0.25, 0.3) is 0 Å². The maximum absolute atomic E-state index is 12.1. The quantitative estimate of drug-likeness (QED) is 0.709. The van der Waals surface area contributed by atoms with Gasteiger partial charge in [-0.2, -0.15) is 0 Å². The summed E-state index contributed by atoms with van der Waals surface area (Å²) in [6.07, 6.45) is 1.45. The van der Waals surface area contributed by atoms with Gasteiger partial charge in [-0.15, -0.1) is 0 Å². The second-order valence-corrected chi connectivity index (χ2v) is 6.57. The summed E-state index contributed by atoms with van der Waals surface area (Å²) in [6, 6.07) is 6.76. The van der Waals surface area contributed by atoms with Crippen molar-refractivity contribution in [2.75, 3.05) is 25.0 Å². The summed E-state index contributed by atoms with van der Waals surface area (Å²) in [7, 11) is 0. The molecule has 1 aromatic rings. The predicted octanol–water partition coefficient (Wildman–Crippen LogP) is 2.28. The van der Waals surface area contributed by atoms with Gasteiger partial charge in [0.25, 0.3) is 0 Å². The normalized spacial score (nSPS) is 17.2. The molecule has 1 heterocycles. The Labute approximate surface area is 148 Å². The number of carbonyl (C=O) groups excluding carboxylic acids is 2. The number of nitrogens with one attached hydrogen (secondary N) is 2. The van der Waals surface area contributed by atoms with Gasteiger partial charge in [-0.1, -0.05) is 15.9 Å². The zero-order valence-corrected chi connectivity index (χ0v) is 14.7. The number of nitrogens with zero attached hydrogens (tertiary/aromatic N) is 1.